The number of carbonyl (C=O) groups is 3. The lowest BCUT2D eigenvalue weighted by molar-refractivity contribution is -0.120. The standard InChI is InChI=1S/C39H41ClN6O4/c40-34-24-32(11-8-28(34)25-41)50-31-12-9-29(10-13-31)42-38(48)27-6-4-26(5-7-27)14-19-44-20-15-30(16-21-44)45-22-17-33-35(45)2-1-3-36(33)46-23-18-37(47)43-39(46)49/h1-8,11,17,22,24,29-31H,9-10,12-16,18-21,23H2,(H,42,48)(H,43,47,49)/t29-,31-. The van der Waals surface area contributed by atoms with Crippen molar-refractivity contribution in [3.05, 3.63) is 94.6 Å². The zero-order valence-corrected chi connectivity index (χ0v) is 28.7. The zero-order valence-electron chi connectivity index (χ0n) is 27.9. The number of nitrogens with zero attached hydrogens (tertiary/aromatic N) is 4. The number of urea groups is 1. The van der Waals surface area contributed by atoms with Crippen LogP contribution < -0.4 is 20.3 Å². The Labute approximate surface area is 296 Å². The number of piperidine rings is 1. The molecule has 3 heterocycles. The van der Waals surface area contributed by atoms with E-state index in [4.69, 9.17) is 21.6 Å². The highest BCUT2D eigenvalue weighted by Gasteiger charge is 2.28. The number of benzene rings is 3. The Bertz CT molecular complexity index is 1920. The molecular weight excluding hydrogens is 652 g/mol. The van der Waals surface area contributed by atoms with E-state index < -0.39 is 0 Å². The zero-order chi connectivity index (χ0) is 34.6. The molecule has 50 heavy (non-hydrogen) atoms. The number of aromatic nitrogens is 1. The topological polar surface area (TPSA) is 120 Å². The minimum atomic E-state index is -0.359. The fourth-order valence-corrected chi connectivity index (χ4v) is 7.71. The molecule has 0 radical (unpaired) electrons. The summed E-state index contributed by atoms with van der Waals surface area (Å²) in [5.41, 5.74) is 4.28. The van der Waals surface area contributed by atoms with Crippen LogP contribution >= 0.6 is 11.6 Å². The van der Waals surface area contributed by atoms with Crippen LogP contribution in [0.4, 0.5) is 10.5 Å². The largest absolute Gasteiger partial charge is 0.490 e. The Hall–Kier alpha value is -4.85. The number of fused-ring (bicyclic) bond motifs is 1. The molecule has 258 valence electrons. The molecule has 1 saturated carbocycles. The van der Waals surface area contributed by atoms with Gasteiger partial charge in [-0.3, -0.25) is 19.8 Å². The Balaban J connectivity index is 0.850. The number of nitrogens with one attached hydrogen (secondary N) is 2. The van der Waals surface area contributed by atoms with Gasteiger partial charge in [0.05, 0.1) is 27.9 Å². The maximum absolute atomic E-state index is 13.0. The van der Waals surface area contributed by atoms with Crippen molar-refractivity contribution in [1.29, 1.82) is 5.26 Å². The molecule has 10 nitrogen and oxygen atoms in total. The summed E-state index contributed by atoms with van der Waals surface area (Å²) in [5, 5.41) is 16.1. The maximum atomic E-state index is 13.0. The van der Waals surface area contributed by atoms with Crippen LogP contribution in [-0.4, -0.2) is 65.6 Å². The number of halogens is 1. The van der Waals surface area contributed by atoms with Gasteiger partial charge in [-0.15, -0.1) is 0 Å². The van der Waals surface area contributed by atoms with Gasteiger partial charge >= 0.3 is 6.03 Å². The number of hydrogen-bond donors (Lipinski definition) is 2. The van der Waals surface area contributed by atoms with E-state index in [9.17, 15) is 14.4 Å². The Morgan fingerprint density at radius 2 is 1.74 bits per heavy atom. The van der Waals surface area contributed by atoms with Gasteiger partial charge < -0.3 is 19.5 Å². The summed E-state index contributed by atoms with van der Waals surface area (Å²) >= 11 is 6.14. The molecule has 3 aliphatic rings. The van der Waals surface area contributed by atoms with E-state index in [-0.39, 0.29) is 30.0 Å². The van der Waals surface area contributed by atoms with Crippen molar-refractivity contribution in [2.45, 2.75) is 69.6 Å². The number of hydrogen-bond acceptors (Lipinski definition) is 6. The second-order valence-corrected chi connectivity index (χ2v) is 13.9. The van der Waals surface area contributed by atoms with E-state index in [2.05, 4.69) is 56.6 Å². The Kier molecular flexibility index (Phi) is 10.1. The van der Waals surface area contributed by atoms with Gasteiger partial charge in [-0.25, -0.2) is 4.79 Å². The third-order valence-electron chi connectivity index (χ3n) is 10.3. The van der Waals surface area contributed by atoms with Crippen LogP contribution in [0.15, 0.2) is 72.9 Å². The van der Waals surface area contributed by atoms with E-state index in [1.807, 2.05) is 24.3 Å². The molecule has 4 amide bonds. The Morgan fingerprint density at radius 1 is 0.960 bits per heavy atom. The molecule has 2 saturated heterocycles. The van der Waals surface area contributed by atoms with Crippen molar-refractivity contribution in [3.8, 4) is 11.8 Å². The summed E-state index contributed by atoms with van der Waals surface area (Å²) in [6.07, 6.45) is 8.88. The van der Waals surface area contributed by atoms with Crippen LogP contribution in [0.2, 0.25) is 5.02 Å². The molecule has 4 aromatic rings. The van der Waals surface area contributed by atoms with Crippen LogP contribution in [0.5, 0.6) is 5.75 Å². The Morgan fingerprint density at radius 3 is 2.46 bits per heavy atom. The summed E-state index contributed by atoms with van der Waals surface area (Å²) < 4.78 is 8.44. The third kappa shape index (κ3) is 7.49. The maximum Gasteiger partial charge on any atom is 0.328 e. The average Bonchev–Trinajstić information content (AvgIpc) is 3.57. The first-order valence-electron chi connectivity index (χ1n) is 17.5. The molecule has 1 aliphatic carbocycles. The molecule has 11 heteroatoms. The summed E-state index contributed by atoms with van der Waals surface area (Å²) in [5.74, 6) is 0.397. The van der Waals surface area contributed by atoms with Crippen molar-refractivity contribution < 1.29 is 19.1 Å². The first-order chi connectivity index (χ1) is 24.3. The van der Waals surface area contributed by atoms with Crippen molar-refractivity contribution >= 4 is 46.0 Å². The van der Waals surface area contributed by atoms with Gasteiger partial charge in [0.1, 0.15) is 11.8 Å². The number of carbonyl (C=O) groups excluding carboxylic acids is 3. The highest BCUT2D eigenvalue weighted by Crippen LogP contribution is 2.34. The molecule has 3 fully saturated rings. The second-order valence-electron chi connectivity index (χ2n) is 13.5. The van der Waals surface area contributed by atoms with Gasteiger partial charge in [-0.1, -0.05) is 29.8 Å². The number of amides is 4. The van der Waals surface area contributed by atoms with Crippen molar-refractivity contribution in [2.75, 3.05) is 31.1 Å². The van der Waals surface area contributed by atoms with Gasteiger partial charge in [0.2, 0.25) is 5.91 Å². The normalized spacial score (nSPS) is 20.4. The van der Waals surface area contributed by atoms with Crippen molar-refractivity contribution in [2.24, 2.45) is 0 Å². The number of rotatable bonds is 9. The molecule has 2 N–H and O–H groups in total. The molecular formula is C39H41ClN6O4. The first kappa shape index (κ1) is 33.6. The van der Waals surface area contributed by atoms with E-state index in [1.54, 1.807) is 23.1 Å². The predicted octanol–water partition coefficient (Wildman–Crippen LogP) is 6.61. The summed E-state index contributed by atoms with van der Waals surface area (Å²) in [7, 11) is 0. The van der Waals surface area contributed by atoms with Crippen LogP contribution in [0.1, 0.15) is 72.5 Å². The molecule has 3 aromatic carbocycles. The van der Waals surface area contributed by atoms with E-state index in [0.717, 1.165) is 81.2 Å². The highest BCUT2D eigenvalue weighted by atomic mass is 35.5. The predicted molar refractivity (Wildman–Crippen MR) is 193 cm³/mol. The summed E-state index contributed by atoms with van der Waals surface area (Å²) in [4.78, 5) is 41.3. The molecule has 0 atom stereocenters. The average molecular weight is 693 g/mol. The van der Waals surface area contributed by atoms with Crippen LogP contribution in [0.3, 0.4) is 0 Å². The fourth-order valence-electron chi connectivity index (χ4n) is 7.50. The van der Waals surface area contributed by atoms with Crippen LogP contribution in [0, 0.1) is 11.3 Å². The van der Waals surface area contributed by atoms with Crippen LogP contribution in [-0.2, 0) is 11.2 Å². The number of anilines is 1. The molecule has 0 unspecified atom stereocenters. The fraction of sp³-hybridized carbons (Fsp3) is 0.385. The first-order valence-corrected chi connectivity index (χ1v) is 17.9. The van der Waals surface area contributed by atoms with Gasteiger partial charge in [-0.2, -0.15) is 5.26 Å². The monoisotopic (exact) mass is 692 g/mol. The lowest BCUT2D eigenvalue weighted by Gasteiger charge is -2.33. The SMILES string of the molecule is N#Cc1ccc(O[C@H]2CC[C@H](NC(=O)c3ccc(CCN4CCC(n5ccc6c(N7CCC(=O)NC7=O)cccc65)CC4)cc3)CC2)cc1Cl. The second kappa shape index (κ2) is 15.0. The third-order valence-corrected chi connectivity index (χ3v) is 10.7. The van der Waals surface area contributed by atoms with Crippen molar-refractivity contribution in [1.82, 2.24) is 20.1 Å². The van der Waals surface area contributed by atoms with Gasteiger partial charge in [0.25, 0.3) is 5.91 Å². The molecule has 2 aliphatic heterocycles. The van der Waals surface area contributed by atoms with E-state index in [1.165, 1.54) is 5.56 Å². The lowest BCUT2D eigenvalue weighted by Crippen LogP contribution is -2.49. The minimum absolute atomic E-state index is 0.0409. The van der Waals surface area contributed by atoms with E-state index >= 15 is 0 Å². The molecule has 7 rings (SSSR count). The summed E-state index contributed by atoms with van der Waals surface area (Å²) in [6, 6.07) is 23.5. The van der Waals surface area contributed by atoms with Crippen LogP contribution in [0.25, 0.3) is 10.9 Å². The lowest BCUT2D eigenvalue weighted by atomic mass is 9.92. The summed E-state index contributed by atoms with van der Waals surface area (Å²) in [6.45, 7) is 3.38. The molecule has 1 aromatic heterocycles. The minimum Gasteiger partial charge on any atom is -0.490 e. The molecule has 0 bridgehead atoms. The van der Waals surface area contributed by atoms with Crippen molar-refractivity contribution in [3.63, 3.8) is 0 Å². The molecule has 0 spiro atoms. The number of imide groups is 1. The van der Waals surface area contributed by atoms with Gasteiger partial charge in [0, 0.05) is 67.9 Å². The van der Waals surface area contributed by atoms with Gasteiger partial charge in [-0.05, 0) is 93.0 Å². The smallest absolute Gasteiger partial charge is 0.328 e. The quantitative estimate of drug-likeness (QED) is 0.204. The number of ether oxygens (including phenoxy) is 1. The number of nitriles is 1. The van der Waals surface area contributed by atoms with E-state index in [0.29, 0.717) is 40.9 Å². The highest BCUT2D eigenvalue weighted by molar-refractivity contribution is 6.31. The van der Waals surface area contributed by atoms with Gasteiger partial charge in [0.15, 0.2) is 0 Å². The number of likely N-dealkylation sites (tertiary alicyclic amines) is 1.